The zero-order valence-corrected chi connectivity index (χ0v) is 11.5. The highest BCUT2D eigenvalue weighted by molar-refractivity contribution is 5.16. The zero-order valence-electron chi connectivity index (χ0n) is 11.5. The van der Waals surface area contributed by atoms with Crippen molar-refractivity contribution in [3.8, 4) is 0 Å². The van der Waals surface area contributed by atoms with E-state index in [-0.39, 0.29) is 12.0 Å². The molecule has 0 heterocycles. The highest BCUT2D eigenvalue weighted by atomic mass is 16.3. The molecule has 17 heavy (non-hydrogen) atoms. The molecular formula is C15H26O2. The Morgan fingerprint density at radius 3 is 2.65 bits per heavy atom. The third kappa shape index (κ3) is 2.30. The van der Waals surface area contributed by atoms with Gasteiger partial charge in [-0.25, -0.2) is 0 Å². The molecule has 0 spiro atoms. The van der Waals surface area contributed by atoms with Crippen LogP contribution in [0.15, 0.2) is 11.6 Å². The number of hydrogen-bond donors (Lipinski definition) is 2. The summed E-state index contributed by atoms with van der Waals surface area (Å²) in [6.07, 6.45) is 4.56. The van der Waals surface area contributed by atoms with E-state index in [2.05, 4.69) is 26.8 Å². The average Bonchev–Trinajstić information content (AvgIpc) is 2.14. The summed E-state index contributed by atoms with van der Waals surface area (Å²) in [4.78, 5) is 0. The fraction of sp³-hybridized carbons (Fsp3) is 0.867. The van der Waals surface area contributed by atoms with Crippen LogP contribution in [0.4, 0.5) is 0 Å². The van der Waals surface area contributed by atoms with Crippen LogP contribution >= 0.6 is 0 Å². The Morgan fingerprint density at radius 2 is 2.06 bits per heavy atom. The molecule has 0 amide bonds. The van der Waals surface area contributed by atoms with E-state index in [0.29, 0.717) is 17.8 Å². The van der Waals surface area contributed by atoms with Gasteiger partial charge < -0.3 is 10.2 Å². The molecule has 2 rings (SSSR count). The first kappa shape index (κ1) is 13.1. The van der Waals surface area contributed by atoms with Crippen LogP contribution in [0.2, 0.25) is 0 Å². The maximum atomic E-state index is 10.5. The van der Waals surface area contributed by atoms with Crippen LogP contribution in [0.5, 0.6) is 0 Å². The third-order valence-electron chi connectivity index (χ3n) is 4.89. The van der Waals surface area contributed by atoms with Crippen LogP contribution in [-0.4, -0.2) is 21.9 Å². The molecule has 0 bridgehead atoms. The van der Waals surface area contributed by atoms with Gasteiger partial charge in [-0.3, -0.25) is 0 Å². The van der Waals surface area contributed by atoms with Crippen molar-refractivity contribution in [2.45, 2.75) is 58.7 Å². The highest BCUT2D eigenvalue weighted by Crippen LogP contribution is 2.49. The van der Waals surface area contributed by atoms with E-state index in [0.717, 1.165) is 19.3 Å². The smallest absolute Gasteiger partial charge is 0.0678 e. The third-order valence-corrected chi connectivity index (χ3v) is 4.89. The number of aliphatic hydroxyl groups is 2. The van der Waals surface area contributed by atoms with Gasteiger partial charge in [0.1, 0.15) is 0 Å². The fourth-order valence-corrected chi connectivity index (χ4v) is 4.03. The predicted octanol–water partition coefficient (Wildman–Crippen LogP) is 2.75. The topological polar surface area (TPSA) is 40.5 Å². The molecule has 0 aromatic carbocycles. The van der Waals surface area contributed by atoms with Crippen LogP contribution in [0.25, 0.3) is 0 Å². The minimum atomic E-state index is -0.702. The van der Waals surface area contributed by atoms with Crippen LogP contribution in [-0.2, 0) is 0 Å². The molecule has 5 atom stereocenters. The maximum Gasteiger partial charge on any atom is 0.0678 e. The minimum absolute atomic E-state index is 0.0207. The molecule has 2 nitrogen and oxygen atoms in total. The Kier molecular flexibility index (Phi) is 3.39. The van der Waals surface area contributed by atoms with Crippen molar-refractivity contribution in [3.63, 3.8) is 0 Å². The maximum absolute atomic E-state index is 10.5. The molecule has 2 heteroatoms. The number of allylic oxidation sites excluding steroid dienone is 1. The highest BCUT2D eigenvalue weighted by Gasteiger charge is 2.49. The Morgan fingerprint density at radius 1 is 1.41 bits per heavy atom. The summed E-state index contributed by atoms with van der Waals surface area (Å²) < 4.78 is 0. The molecule has 0 radical (unpaired) electrons. The van der Waals surface area contributed by atoms with Crippen molar-refractivity contribution >= 4 is 0 Å². The van der Waals surface area contributed by atoms with E-state index in [1.54, 1.807) is 0 Å². The van der Waals surface area contributed by atoms with Crippen molar-refractivity contribution in [2.24, 2.45) is 23.7 Å². The van der Waals surface area contributed by atoms with Crippen LogP contribution in [0, 0.1) is 23.7 Å². The Labute approximate surface area is 105 Å². The first-order valence-electron chi connectivity index (χ1n) is 6.90. The molecule has 2 aliphatic carbocycles. The predicted molar refractivity (Wildman–Crippen MR) is 69.5 cm³/mol. The summed E-state index contributed by atoms with van der Waals surface area (Å²) in [6.45, 7) is 8.51. The number of aliphatic hydroxyl groups excluding tert-OH is 1. The molecule has 0 aromatic rings. The van der Waals surface area contributed by atoms with Gasteiger partial charge in [0.05, 0.1) is 11.7 Å². The molecule has 0 aromatic heterocycles. The normalized spacial score (nSPS) is 46.6. The van der Waals surface area contributed by atoms with Gasteiger partial charge in [-0.1, -0.05) is 25.5 Å². The summed E-state index contributed by atoms with van der Waals surface area (Å²) in [5, 5.41) is 20.8. The first-order chi connectivity index (χ1) is 7.83. The van der Waals surface area contributed by atoms with Crippen molar-refractivity contribution < 1.29 is 10.2 Å². The van der Waals surface area contributed by atoms with Crippen molar-refractivity contribution in [1.29, 1.82) is 0 Å². The van der Waals surface area contributed by atoms with Crippen LogP contribution in [0.1, 0.15) is 47.0 Å². The molecule has 1 fully saturated rings. The summed E-state index contributed by atoms with van der Waals surface area (Å²) in [7, 11) is 0. The molecule has 0 saturated heterocycles. The molecule has 0 aliphatic heterocycles. The molecule has 98 valence electrons. The largest absolute Gasteiger partial charge is 0.392 e. The fourth-order valence-electron chi connectivity index (χ4n) is 4.03. The SMILES string of the molecule is CC1=C[C@@H]2[C@H]([C@H](O)C1)[C@@](C)(O)CC[C@@H]2C(C)C. The molecular weight excluding hydrogens is 212 g/mol. The summed E-state index contributed by atoms with van der Waals surface area (Å²) >= 11 is 0. The quantitative estimate of drug-likeness (QED) is 0.690. The first-order valence-corrected chi connectivity index (χ1v) is 6.90. The van der Waals surface area contributed by atoms with Gasteiger partial charge >= 0.3 is 0 Å². The van der Waals surface area contributed by atoms with Gasteiger partial charge in [-0.05, 0) is 50.9 Å². The Balaban J connectivity index is 2.35. The minimum Gasteiger partial charge on any atom is -0.392 e. The second-order valence-electron chi connectivity index (χ2n) is 6.69. The van der Waals surface area contributed by atoms with Gasteiger partial charge in [0, 0.05) is 5.92 Å². The van der Waals surface area contributed by atoms with Crippen LogP contribution in [0.3, 0.4) is 0 Å². The van der Waals surface area contributed by atoms with E-state index in [9.17, 15) is 10.2 Å². The van der Waals surface area contributed by atoms with Crippen molar-refractivity contribution in [1.82, 2.24) is 0 Å². The number of hydrogen-bond acceptors (Lipinski definition) is 2. The number of fused-ring (bicyclic) bond motifs is 1. The summed E-state index contributed by atoms with van der Waals surface area (Å²) in [5.74, 6) is 1.59. The summed E-state index contributed by atoms with van der Waals surface area (Å²) in [5.41, 5.74) is 0.578. The lowest BCUT2D eigenvalue weighted by Gasteiger charge is -2.51. The molecule has 2 aliphatic rings. The zero-order chi connectivity index (χ0) is 12.8. The van der Waals surface area contributed by atoms with E-state index in [1.807, 2.05) is 6.92 Å². The Bertz CT molecular complexity index is 317. The van der Waals surface area contributed by atoms with E-state index < -0.39 is 5.60 Å². The van der Waals surface area contributed by atoms with E-state index in [4.69, 9.17) is 0 Å². The lowest BCUT2D eigenvalue weighted by atomic mass is 9.57. The van der Waals surface area contributed by atoms with Crippen molar-refractivity contribution in [3.05, 3.63) is 11.6 Å². The number of rotatable bonds is 1. The lowest BCUT2D eigenvalue weighted by Crippen LogP contribution is -2.53. The molecule has 1 saturated carbocycles. The Hall–Kier alpha value is -0.340. The summed E-state index contributed by atoms with van der Waals surface area (Å²) in [6, 6.07) is 0. The van der Waals surface area contributed by atoms with Gasteiger partial charge in [0.15, 0.2) is 0 Å². The van der Waals surface area contributed by atoms with Crippen molar-refractivity contribution in [2.75, 3.05) is 0 Å². The van der Waals surface area contributed by atoms with Gasteiger partial charge in [0.25, 0.3) is 0 Å². The van der Waals surface area contributed by atoms with Gasteiger partial charge in [-0.2, -0.15) is 0 Å². The second-order valence-corrected chi connectivity index (χ2v) is 6.69. The van der Waals surface area contributed by atoms with Crippen LogP contribution < -0.4 is 0 Å². The monoisotopic (exact) mass is 238 g/mol. The van der Waals surface area contributed by atoms with Gasteiger partial charge in [-0.15, -0.1) is 0 Å². The molecule has 0 unspecified atom stereocenters. The van der Waals surface area contributed by atoms with E-state index in [1.165, 1.54) is 5.57 Å². The standard InChI is InChI=1S/C15H26O2/c1-9(2)11-5-6-15(4,17)14-12(11)7-10(3)8-13(14)16/h7,9,11-14,16-17H,5-6,8H2,1-4H3/t11-,12+,13-,14-,15+/m1/s1. The second kappa shape index (κ2) is 4.40. The molecule has 2 N–H and O–H groups in total. The lowest BCUT2D eigenvalue weighted by molar-refractivity contribution is -0.125. The average molecular weight is 238 g/mol. The van der Waals surface area contributed by atoms with E-state index >= 15 is 0 Å². The van der Waals surface area contributed by atoms with Gasteiger partial charge in [0.2, 0.25) is 0 Å².